The van der Waals surface area contributed by atoms with Crippen molar-refractivity contribution in [2.45, 2.75) is 20.0 Å². The fourth-order valence-corrected chi connectivity index (χ4v) is 3.54. The van der Waals surface area contributed by atoms with Gasteiger partial charge in [-0.3, -0.25) is 9.59 Å². The molecule has 0 saturated heterocycles. The van der Waals surface area contributed by atoms with Crippen LogP contribution in [0, 0.1) is 36.0 Å². The molecule has 3 aromatic carbocycles. The van der Waals surface area contributed by atoms with Gasteiger partial charge in [0, 0.05) is 33.3 Å². The number of nitrogens with one attached hydrogen (secondary N) is 1. The molecule has 11 heteroatoms. The van der Waals surface area contributed by atoms with Gasteiger partial charge in [-0.2, -0.15) is 8.78 Å². The smallest absolute Gasteiger partial charge is 0.265 e. The van der Waals surface area contributed by atoms with Gasteiger partial charge >= 0.3 is 0 Å². The molecule has 1 heterocycles. The summed E-state index contributed by atoms with van der Waals surface area (Å²) < 4.78 is 78.1. The maximum Gasteiger partial charge on any atom is 0.265 e. The number of anilines is 1. The van der Waals surface area contributed by atoms with Crippen molar-refractivity contribution in [3.05, 3.63) is 93.5 Å². The predicted octanol–water partition coefficient (Wildman–Crippen LogP) is 6.73. The zero-order valence-electron chi connectivity index (χ0n) is 18.5. The van der Waals surface area contributed by atoms with E-state index in [9.17, 15) is 31.5 Å². The molecule has 0 spiro atoms. The van der Waals surface area contributed by atoms with Crippen LogP contribution in [0.2, 0.25) is 5.02 Å². The number of hydrogen-bond donors (Lipinski definition) is 1. The maximum absolute atomic E-state index is 13.9. The summed E-state index contributed by atoms with van der Waals surface area (Å²) >= 11 is 5.86. The fraction of sp³-hybridized carbons (Fsp3) is 0.120. The number of rotatable bonds is 6. The van der Waals surface area contributed by atoms with Crippen LogP contribution in [0.1, 0.15) is 28.6 Å². The summed E-state index contributed by atoms with van der Waals surface area (Å²) in [6, 6.07) is 10.7. The second-order valence-corrected chi connectivity index (χ2v) is 8.19. The molecule has 1 N–H and O–H groups in total. The largest absolute Gasteiger partial charge is 0.474 e. The molecule has 0 fully saturated rings. The van der Waals surface area contributed by atoms with Crippen LogP contribution < -0.4 is 10.1 Å². The lowest BCUT2D eigenvalue weighted by Gasteiger charge is -2.16. The van der Waals surface area contributed by atoms with E-state index in [1.807, 2.05) is 0 Å². The highest BCUT2D eigenvalue weighted by Gasteiger charge is 2.29. The Morgan fingerprint density at radius 3 is 2.11 bits per heavy atom. The lowest BCUT2D eigenvalue weighted by molar-refractivity contribution is -0.122. The molecule has 0 radical (unpaired) electrons. The van der Waals surface area contributed by atoms with E-state index in [1.54, 1.807) is 37.3 Å². The van der Waals surface area contributed by atoms with Crippen LogP contribution in [0.25, 0.3) is 11.0 Å². The third kappa shape index (κ3) is 4.51. The van der Waals surface area contributed by atoms with Crippen LogP contribution in [0.15, 0.2) is 46.9 Å². The molecule has 0 aliphatic carbocycles. The molecule has 5 nitrogen and oxygen atoms in total. The van der Waals surface area contributed by atoms with Crippen LogP contribution in [-0.2, 0) is 4.79 Å². The lowest BCUT2D eigenvalue weighted by atomic mass is 10.0. The van der Waals surface area contributed by atoms with Gasteiger partial charge in [0.2, 0.25) is 34.9 Å². The molecule has 0 aliphatic rings. The summed E-state index contributed by atoms with van der Waals surface area (Å²) in [4.78, 5) is 25.3. The summed E-state index contributed by atoms with van der Waals surface area (Å²) in [6.45, 7) is 2.75. The first-order valence-corrected chi connectivity index (χ1v) is 10.7. The molecule has 0 aliphatic heterocycles. The zero-order valence-corrected chi connectivity index (χ0v) is 19.3. The first-order valence-electron chi connectivity index (χ1n) is 10.3. The number of carbonyl (C=O) groups is 2. The third-order valence-electron chi connectivity index (χ3n) is 5.35. The maximum atomic E-state index is 13.9. The second-order valence-electron chi connectivity index (χ2n) is 7.75. The van der Waals surface area contributed by atoms with Crippen molar-refractivity contribution >= 4 is 39.9 Å². The standard InChI is InChI=1S/C25H15ClF5NO4/c1-10-15-8-7-14(9-16(15)36-23(10)22(33)12-3-5-13(26)6-4-12)32-25(34)11(2)35-24-20(30)18(28)17(27)19(29)21(24)31/h3-9,11H,1-2H3,(H,32,34). The van der Waals surface area contributed by atoms with Gasteiger partial charge in [0.05, 0.1) is 0 Å². The molecule has 36 heavy (non-hydrogen) atoms. The molecule has 4 aromatic rings. The monoisotopic (exact) mass is 523 g/mol. The van der Waals surface area contributed by atoms with Gasteiger partial charge in [-0.25, -0.2) is 13.2 Å². The molecule has 1 aromatic heterocycles. The van der Waals surface area contributed by atoms with Crippen LogP contribution in [0.5, 0.6) is 5.75 Å². The summed E-state index contributed by atoms with van der Waals surface area (Å²) in [5, 5.41) is 3.46. The van der Waals surface area contributed by atoms with Crippen molar-refractivity contribution in [3.8, 4) is 5.75 Å². The molecule has 0 bridgehead atoms. The van der Waals surface area contributed by atoms with Gasteiger partial charge in [0.1, 0.15) is 5.58 Å². The Kier molecular flexibility index (Phi) is 6.73. The molecule has 4 rings (SSSR count). The lowest BCUT2D eigenvalue weighted by Crippen LogP contribution is -2.31. The fourth-order valence-electron chi connectivity index (χ4n) is 3.41. The summed E-state index contributed by atoms with van der Waals surface area (Å²) in [5.41, 5.74) is 1.34. The van der Waals surface area contributed by atoms with Crippen LogP contribution in [-0.4, -0.2) is 17.8 Å². The van der Waals surface area contributed by atoms with E-state index in [-0.39, 0.29) is 22.8 Å². The predicted molar refractivity (Wildman–Crippen MR) is 121 cm³/mol. The molecular weight excluding hydrogens is 509 g/mol. The van der Waals surface area contributed by atoms with Gasteiger partial charge in [0.25, 0.3) is 5.91 Å². The summed E-state index contributed by atoms with van der Waals surface area (Å²) in [5.74, 6) is -13.9. The number of ether oxygens (including phenoxy) is 1. The van der Waals surface area contributed by atoms with Crippen LogP contribution >= 0.6 is 11.6 Å². The Morgan fingerprint density at radius 1 is 0.917 bits per heavy atom. The first-order chi connectivity index (χ1) is 17.0. The second kappa shape index (κ2) is 9.62. The van der Waals surface area contributed by atoms with Gasteiger partial charge in [-0.05, 0) is 50.2 Å². The van der Waals surface area contributed by atoms with Gasteiger partial charge in [0.15, 0.2) is 17.6 Å². The molecule has 1 atom stereocenters. The number of amides is 1. The minimum atomic E-state index is -2.34. The normalized spacial score (nSPS) is 12.0. The highest BCUT2D eigenvalue weighted by molar-refractivity contribution is 6.30. The topological polar surface area (TPSA) is 68.5 Å². The number of fused-ring (bicyclic) bond motifs is 1. The molecule has 186 valence electrons. The number of hydrogen-bond acceptors (Lipinski definition) is 4. The van der Waals surface area contributed by atoms with Crippen molar-refractivity contribution < 1.29 is 40.7 Å². The molecule has 1 unspecified atom stereocenters. The average Bonchev–Trinajstić information content (AvgIpc) is 3.19. The van der Waals surface area contributed by atoms with Gasteiger partial charge in [-0.15, -0.1) is 0 Å². The number of furan rings is 1. The molecule has 1 amide bonds. The van der Waals surface area contributed by atoms with E-state index in [0.29, 0.717) is 21.5 Å². The SMILES string of the molecule is Cc1c(C(=O)c2ccc(Cl)cc2)oc2cc(NC(=O)C(C)Oc3c(F)c(F)c(F)c(F)c3F)ccc12. The van der Waals surface area contributed by atoms with Crippen molar-refractivity contribution in [3.63, 3.8) is 0 Å². The van der Waals surface area contributed by atoms with Crippen molar-refractivity contribution in [1.82, 2.24) is 0 Å². The van der Waals surface area contributed by atoms with Crippen molar-refractivity contribution in [2.75, 3.05) is 5.32 Å². The van der Waals surface area contributed by atoms with Gasteiger partial charge in [-0.1, -0.05) is 11.6 Å². The van der Waals surface area contributed by atoms with E-state index < -0.39 is 46.8 Å². The van der Waals surface area contributed by atoms with E-state index in [2.05, 4.69) is 5.32 Å². The Labute approximate surface area is 205 Å². The van der Waals surface area contributed by atoms with Crippen LogP contribution in [0.4, 0.5) is 27.6 Å². The quantitative estimate of drug-likeness (QED) is 0.132. The minimum absolute atomic E-state index is 0.0822. The number of benzene rings is 3. The minimum Gasteiger partial charge on any atom is -0.474 e. The van der Waals surface area contributed by atoms with Crippen LogP contribution in [0.3, 0.4) is 0 Å². The van der Waals surface area contributed by atoms with E-state index >= 15 is 0 Å². The van der Waals surface area contributed by atoms with Gasteiger partial charge < -0.3 is 14.5 Å². The third-order valence-corrected chi connectivity index (χ3v) is 5.60. The molecular formula is C25H15ClF5NO4. The highest BCUT2D eigenvalue weighted by Crippen LogP contribution is 2.31. The van der Waals surface area contributed by atoms with E-state index in [0.717, 1.165) is 6.92 Å². The van der Waals surface area contributed by atoms with Crippen molar-refractivity contribution in [2.24, 2.45) is 0 Å². The molecule has 0 saturated carbocycles. The Balaban J connectivity index is 1.55. The zero-order chi connectivity index (χ0) is 26.3. The van der Waals surface area contributed by atoms with E-state index in [1.165, 1.54) is 12.1 Å². The number of aryl methyl sites for hydroxylation is 1. The summed E-state index contributed by atoms with van der Waals surface area (Å²) in [6.07, 6.45) is -1.64. The number of halogens is 6. The Hall–Kier alpha value is -3.92. The van der Waals surface area contributed by atoms with Crippen molar-refractivity contribution in [1.29, 1.82) is 0 Å². The highest BCUT2D eigenvalue weighted by atomic mass is 35.5. The summed E-state index contributed by atoms with van der Waals surface area (Å²) in [7, 11) is 0. The Morgan fingerprint density at radius 2 is 1.50 bits per heavy atom. The number of ketones is 1. The first kappa shape index (κ1) is 25.2. The number of carbonyl (C=O) groups excluding carboxylic acids is 2. The van der Waals surface area contributed by atoms with E-state index in [4.69, 9.17) is 20.8 Å². The average molecular weight is 524 g/mol. The Bertz CT molecular complexity index is 1490.